The molecule has 0 atom stereocenters. The van der Waals surface area contributed by atoms with E-state index in [4.69, 9.17) is 0 Å². The lowest BCUT2D eigenvalue weighted by Crippen LogP contribution is -2.34. The molecule has 0 fully saturated rings. The molecule has 0 aromatic rings. The molecule has 1 nitrogen and oxygen atoms in total. The van der Waals surface area contributed by atoms with Crippen LogP contribution in [0.4, 0.5) is 0 Å². The molecule has 0 N–H and O–H groups in total. The minimum Gasteiger partial charge on any atom is -0.289 e. The smallest absolute Gasteiger partial charge is 0.185 e. The fraction of sp³-hybridized carbons (Fsp3) is 0.650. The van der Waals surface area contributed by atoms with E-state index in [2.05, 4.69) is 66.7 Å². The average Bonchev–Trinajstić information content (AvgIpc) is 2.29. The maximum absolute atomic E-state index is 13.0. The summed E-state index contributed by atoms with van der Waals surface area (Å²) in [6.45, 7) is 15.1. The van der Waals surface area contributed by atoms with Crippen LogP contribution in [0, 0.1) is 16.2 Å². The first-order chi connectivity index (χ1) is 9.45. The molecule has 0 radical (unpaired) electrons. The van der Waals surface area contributed by atoms with Crippen LogP contribution in [0.1, 0.15) is 67.7 Å². The van der Waals surface area contributed by atoms with Crippen molar-refractivity contribution in [3.63, 3.8) is 0 Å². The highest BCUT2D eigenvalue weighted by Crippen LogP contribution is 2.48. The molecule has 0 amide bonds. The summed E-state index contributed by atoms with van der Waals surface area (Å²) in [5, 5.41) is 0. The summed E-state index contributed by atoms with van der Waals surface area (Å²) in [6.07, 6.45) is 10.2. The van der Waals surface area contributed by atoms with Crippen molar-refractivity contribution in [2.45, 2.75) is 67.7 Å². The monoisotopic (exact) mass is 286 g/mol. The van der Waals surface area contributed by atoms with Gasteiger partial charge in [0.05, 0.1) is 0 Å². The van der Waals surface area contributed by atoms with Crippen molar-refractivity contribution in [2.75, 3.05) is 0 Å². The van der Waals surface area contributed by atoms with Crippen molar-refractivity contribution in [3.8, 4) is 0 Å². The van der Waals surface area contributed by atoms with Crippen LogP contribution in [0.5, 0.6) is 0 Å². The number of carbonyl (C=O) groups is 1. The molecule has 0 aromatic carbocycles. The van der Waals surface area contributed by atoms with E-state index in [1.165, 1.54) is 5.57 Å². The summed E-state index contributed by atoms with van der Waals surface area (Å²) in [6, 6.07) is 0. The first-order valence-electron chi connectivity index (χ1n) is 8.12. The third kappa shape index (κ3) is 3.22. The standard InChI is InChI=1S/C20H30O/c1-14-9-8-10-20(11-14)12-15(18(2,3)4)17(21)16(13-20)19(5,6)7/h9,12-13H,8,10-11H2,1-7H3. The maximum Gasteiger partial charge on any atom is 0.185 e. The second-order valence-electron chi connectivity index (χ2n) is 8.94. The predicted octanol–water partition coefficient (Wildman–Crippen LogP) is 5.63. The average molecular weight is 286 g/mol. The molecule has 0 saturated heterocycles. The molecule has 1 heteroatoms. The zero-order chi connectivity index (χ0) is 16.1. The summed E-state index contributed by atoms with van der Waals surface area (Å²) in [5.41, 5.74) is 3.32. The van der Waals surface area contributed by atoms with Crippen molar-refractivity contribution in [1.29, 1.82) is 0 Å². The van der Waals surface area contributed by atoms with Crippen LogP contribution < -0.4 is 0 Å². The summed E-state index contributed by atoms with van der Waals surface area (Å²) >= 11 is 0. The molecule has 2 rings (SSSR count). The zero-order valence-electron chi connectivity index (χ0n) is 14.8. The second-order valence-corrected chi connectivity index (χ2v) is 8.94. The van der Waals surface area contributed by atoms with Gasteiger partial charge in [0, 0.05) is 16.6 Å². The first-order valence-corrected chi connectivity index (χ1v) is 8.12. The van der Waals surface area contributed by atoms with Gasteiger partial charge in [0.15, 0.2) is 5.78 Å². The molecule has 2 aliphatic rings. The third-order valence-electron chi connectivity index (χ3n) is 4.68. The van der Waals surface area contributed by atoms with Gasteiger partial charge in [-0.2, -0.15) is 0 Å². The Morgan fingerprint density at radius 3 is 1.81 bits per heavy atom. The number of Topliss-reactive ketones (excluding diaryl/α,β-unsaturated/α-hetero) is 1. The van der Waals surface area contributed by atoms with Crippen LogP contribution in [0.3, 0.4) is 0 Å². The molecule has 0 aliphatic heterocycles. The van der Waals surface area contributed by atoms with Crippen LogP contribution in [0.25, 0.3) is 0 Å². The van der Waals surface area contributed by atoms with Gasteiger partial charge >= 0.3 is 0 Å². The highest BCUT2D eigenvalue weighted by Gasteiger charge is 2.41. The Bertz CT molecular complexity index is 507. The van der Waals surface area contributed by atoms with Gasteiger partial charge in [0.2, 0.25) is 0 Å². The number of allylic oxidation sites excluding steroid dienone is 6. The summed E-state index contributed by atoms with van der Waals surface area (Å²) < 4.78 is 0. The molecule has 2 aliphatic carbocycles. The number of hydrogen-bond acceptors (Lipinski definition) is 1. The van der Waals surface area contributed by atoms with E-state index in [1.807, 2.05) is 0 Å². The Morgan fingerprint density at radius 1 is 0.952 bits per heavy atom. The van der Waals surface area contributed by atoms with E-state index in [-0.39, 0.29) is 22.0 Å². The van der Waals surface area contributed by atoms with Crippen molar-refractivity contribution in [2.24, 2.45) is 16.2 Å². The zero-order valence-corrected chi connectivity index (χ0v) is 14.8. The Labute approximate surface area is 130 Å². The van der Waals surface area contributed by atoms with Crippen LogP contribution in [0.2, 0.25) is 0 Å². The van der Waals surface area contributed by atoms with Gasteiger partial charge in [-0.25, -0.2) is 0 Å². The van der Waals surface area contributed by atoms with E-state index in [0.29, 0.717) is 0 Å². The van der Waals surface area contributed by atoms with Gasteiger partial charge in [-0.1, -0.05) is 65.3 Å². The lowest BCUT2D eigenvalue weighted by Gasteiger charge is -2.41. The molecule has 0 heterocycles. The van der Waals surface area contributed by atoms with Crippen molar-refractivity contribution >= 4 is 5.78 Å². The maximum atomic E-state index is 13.0. The molecule has 0 bridgehead atoms. The Balaban J connectivity index is 2.58. The fourth-order valence-electron chi connectivity index (χ4n) is 3.52. The minimum absolute atomic E-state index is 0.0535. The van der Waals surface area contributed by atoms with Gasteiger partial charge < -0.3 is 0 Å². The minimum atomic E-state index is -0.0933. The topological polar surface area (TPSA) is 17.1 Å². The van der Waals surface area contributed by atoms with Crippen molar-refractivity contribution < 1.29 is 4.79 Å². The number of rotatable bonds is 0. The molecule has 0 aromatic heterocycles. The van der Waals surface area contributed by atoms with E-state index in [0.717, 1.165) is 30.4 Å². The fourth-order valence-corrected chi connectivity index (χ4v) is 3.52. The quantitative estimate of drug-likeness (QED) is 0.527. The van der Waals surface area contributed by atoms with Crippen molar-refractivity contribution in [3.05, 3.63) is 34.9 Å². The normalized spacial score (nSPS) is 22.8. The molecular formula is C20H30O. The van der Waals surface area contributed by atoms with Gasteiger partial charge in [-0.3, -0.25) is 4.79 Å². The summed E-state index contributed by atoms with van der Waals surface area (Å²) in [4.78, 5) is 13.0. The van der Waals surface area contributed by atoms with Crippen LogP contribution in [0.15, 0.2) is 34.9 Å². The van der Waals surface area contributed by atoms with Gasteiger partial charge in [0.1, 0.15) is 0 Å². The summed E-state index contributed by atoms with van der Waals surface area (Å²) in [7, 11) is 0. The van der Waals surface area contributed by atoms with E-state index in [1.54, 1.807) is 0 Å². The van der Waals surface area contributed by atoms with Crippen LogP contribution >= 0.6 is 0 Å². The molecular weight excluding hydrogens is 256 g/mol. The lowest BCUT2D eigenvalue weighted by atomic mass is 9.62. The van der Waals surface area contributed by atoms with E-state index in [9.17, 15) is 4.79 Å². The number of carbonyl (C=O) groups excluding carboxylic acids is 1. The molecule has 116 valence electrons. The van der Waals surface area contributed by atoms with Gasteiger partial charge in [-0.15, -0.1) is 0 Å². The number of hydrogen-bond donors (Lipinski definition) is 0. The molecule has 21 heavy (non-hydrogen) atoms. The second kappa shape index (κ2) is 4.97. The van der Waals surface area contributed by atoms with Gasteiger partial charge in [-0.05, 0) is 37.0 Å². The summed E-state index contributed by atoms with van der Waals surface area (Å²) in [5.74, 6) is 0.257. The van der Waals surface area contributed by atoms with Crippen LogP contribution in [-0.4, -0.2) is 5.78 Å². The number of ketones is 1. The third-order valence-corrected chi connectivity index (χ3v) is 4.68. The lowest BCUT2D eigenvalue weighted by molar-refractivity contribution is -0.114. The van der Waals surface area contributed by atoms with E-state index < -0.39 is 0 Å². The SMILES string of the molecule is CC1=CCCC2(C=C(C(C)(C)C)C(=O)C(C(C)(C)C)=C2)C1. The first kappa shape index (κ1) is 16.3. The highest BCUT2D eigenvalue weighted by molar-refractivity contribution is 6.11. The Hall–Kier alpha value is -1.11. The Kier molecular flexibility index (Phi) is 3.85. The highest BCUT2D eigenvalue weighted by atomic mass is 16.1. The molecule has 1 spiro atoms. The van der Waals surface area contributed by atoms with Gasteiger partial charge in [0.25, 0.3) is 0 Å². The van der Waals surface area contributed by atoms with E-state index >= 15 is 0 Å². The van der Waals surface area contributed by atoms with Crippen molar-refractivity contribution in [1.82, 2.24) is 0 Å². The molecule has 0 saturated carbocycles. The van der Waals surface area contributed by atoms with Crippen LogP contribution in [-0.2, 0) is 4.79 Å². The predicted molar refractivity (Wildman–Crippen MR) is 90.1 cm³/mol. The Morgan fingerprint density at radius 2 is 1.43 bits per heavy atom. The largest absolute Gasteiger partial charge is 0.289 e. The molecule has 0 unspecified atom stereocenters.